The van der Waals surface area contributed by atoms with Crippen molar-refractivity contribution in [2.24, 2.45) is 0 Å². The molecular formula is C10H17N3OS. The van der Waals surface area contributed by atoms with Crippen molar-refractivity contribution in [2.45, 2.75) is 32.9 Å². The van der Waals surface area contributed by atoms with E-state index >= 15 is 0 Å². The molecule has 0 radical (unpaired) electrons. The van der Waals surface area contributed by atoms with Gasteiger partial charge in [0.05, 0.1) is 12.1 Å². The summed E-state index contributed by atoms with van der Waals surface area (Å²) in [7, 11) is 0. The van der Waals surface area contributed by atoms with E-state index in [0.29, 0.717) is 13.1 Å². The van der Waals surface area contributed by atoms with Gasteiger partial charge in [-0.2, -0.15) is 0 Å². The van der Waals surface area contributed by atoms with Gasteiger partial charge in [0, 0.05) is 23.7 Å². The molecule has 0 aliphatic rings. The predicted octanol–water partition coefficient (Wildman–Crippen LogP) is 1.15. The first kappa shape index (κ1) is 12.1. The average molecular weight is 227 g/mol. The van der Waals surface area contributed by atoms with Gasteiger partial charge in [-0.3, -0.25) is 9.78 Å². The highest BCUT2D eigenvalue weighted by Gasteiger charge is 2.04. The Kier molecular flexibility index (Phi) is 5.28. The third-order valence-corrected chi connectivity index (χ3v) is 2.87. The number of amides is 1. The quantitative estimate of drug-likeness (QED) is 0.766. The maximum Gasteiger partial charge on any atom is 0.234 e. The van der Waals surface area contributed by atoms with Crippen molar-refractivity contribution in [3.8, 4) is 0 Å². The van der Waals surface area contributed by atoms with Gasteiger partial charge in [0.25, 0.3) is 0 Å². The molecule has 0 aliphatic carbocycles. The Morgan fingerprint density at radius 1 is 1.67 bits per heavy atom. The molecule has 0 bridgehead atoms. The molecule has 0 spiro atoms. The van der Waals surface area contributed by atoms with E-state index in [1.807, 2.05) is 13.1 Å². The van der Waals surface area contributed by atoms with Crippen molar-refractivity contribution in [2.75, 3.05) is 6.54 Å². The van der Waals surface area contributed by atoms with Crippen molar-refractivity contribution in [3.63, 3.8) is 0 Å². The van der Waals surface area contributed by atoms with Crippen molar-refractivity contribution >= 4 is 17.2 Å². The molecular weight excluding hydrogens is 210 g/mol. The predicted molar refractivity (Wildman–Crippen MR) is 61.7 cm³/mol. The lowest BCUT2D eigenvalue weighted by Gasteiger charge is -2.11. The van der Waals surface area contributed by atoms with Crippen LogP contribution in [0.5, 0.6) is 0 Å². The number of hydrogen-bond acceptors (Lipinski definition) is 4. The molecule has 15 heavy (non-hydrogen) atoms. The Morgan fingerprint density at radius 2 is 2.47 bits per heavy atom. The number of carbonyl (C=O) groups excluding carboxylic acids is 1. The highest BCUT2D eigenvalue weighted by Crippen LogP contribution is 2.03. The Morgan fingerprint density at radius 3 is 3.07 bits per heavy atom. The molecule has 4 nitrogen and oxygen atoms in total. The van der Waals surface area contributed by atoms with Crippen LogP contribution in [0.15, 0.2) is 11.7 Å². The van der Waals surface area contributed by atoms with Gasteiger partial charge in [0.15, 0.2) is 0 Å². The number of aromatic nitrogens is 1. The monoisotopic (exact) mass is 227 g/mol. The summed E-state index contributed by atoms with van der Waals surface area (Å²) >= 11 is 1.59. The van der Waals surface area contributed by atoms with Crippen LogP contribution in [-0.4, -0.2) is 23.5 Å². The van der Waals surface area contributed by atoms with Gasteiger partial charge in [-0.15, -0.1) is 11.3 Å². The van der Waals surface area contributed by atoms with Gasteiger partial charge in [0.2, 0.25) is 5.91 Å². The lowest BCUT2D eigenvalue weighted by molar-refractivity contribution is -0.120. The van der Waals surface area contributed by atoms with Crippen molar-refractivity contribution in [1.29, 1.82) is 0 Å². The summed E-state index contributed by atoms with van der Waals surface area (Å²) < 4.78 is 0. The third kappa shape index (κ3) is 4.90. The number of thiazole rings is 1. The Labute approximate surface area is 94.1 Å². The van der Waals surface area contributed by atoms with Crippen LogP contribution >= 0.6 is 11.3 Å². The fourth-order valence-electron chi connectivity index (χ4n) is 1.06. The molecule has 1 atom stereocenters. The van der Waals surface area contributed by atoms with Crippen LogP contribution in [0.1, 0.15) is 25.1 Å². The second kappa shape index (κ2) is 6.53. The number of nitrogens with zero attached hydrogens (tertiary/aromatic N) is 1. The molecule has 0 aliphatic heterocycles. The molecule has 0 saturated carbocycles. The molecule has 1 aromatic heterocycles. The molecule has 1 amide bonds. The lowest BCUT2D eigenvalue weighted by atomic mass is 10.2. The van der Waals surface area contributed by atoms with Crippen molar-refractivity contribution < 1.29 is 4.79 Å². The van der Waals surface area contributed by atoms with Gasteiger partial charge in [-0.05, 0) is 13.3 Å². The van der Waals surface area contributed by atoms with E-state index < -0.39 is 0 Å². The zero-order valence-corrected chi connectivity index (χ0v) is 9.93. The zero-order chi connectivity index (χ0) is 11.1. The standard InChI is InChI=1S/C10H17N3OS/c1-3-8(2)13-10(14)6-11-4-9-5-12-7-15-9/h5,7-8,11H,3-4,6H2,1-2H3,(H,13,14). The number of nitrogens with one attached hydrogen (secondary N) is 2. The van der Waals surface area contributed by atoms with Crippen molar-refractivity contribution in [3.05, 3.63) is 16.6 Å². The van der Waals surface area contributed by atoms with E-state index in [1.165, 1.54) is 0 Å². The van der Waals surface area contributed by atoms with Crippen LogP contribution in [0.25, 0.3) is 0 Å². The summed E-state index contributed by atoms with van der Waals surface area (Å²) in [6.07, 6.45) is 2.77. The van der Waals surface area contributed by atoms with Gasteiger partial charge in [-0.25, -0.2) is 0 Å². The topological polar surface area (TPSA) is 54.0 Å². The van der Waals surface area contributed by atoms with E-state index in [2.05, 4.69) is 22.5 Å². The first-order valence-electron chi connectivity index (χ1n) is 5.09. The fraction of sp³-hybridized carbons (Fsp3) is 0.600. The zero-order valence-electron chi connectivity index (χ0n) is 9.12. The summed E-state index contributed by atoms with van der Waals surface area (Å²) in [4.78, 5) is 16.5. The molecule has 1 heterocycles. The highest BCUT2D eigenvalue weighted by molar-refractivity contribution is 7.09. The third-order valence-electron chi connectivity index (χ3n) is 2.09. The Balaban J connectivity index is 2.12. The van der Waals surface area contributed by atoms with E-state index in [-0.39, 0.29) is 11.9 Å². The van der Waals surface area contributed by atoms with E-state index in [1.54, 1.807) is 16.8 Å². The summed E-state index contributed by atoms with van der Waals surface area (Å²) in [5, 5.41) is 5.97. The number of rotatable bonds is 6. The smallest absolute Gasteiger partial charge is 0.234 e. The summed E-state index contributed by atoms with van der Waals surface area (Å²) in [5.41, 5.74) is 1.79. The molecule has 2 N–H and O–H groups in total. The first-order valence-corrected chi connectivity index (χ1v) is 5.97. The maximum absolute atomic E-state index is 11.4. The van der Waals surface area contributed by atoms with Crippen LogP contribution in [0.4, 0.5) is 0 Å². The SMILES string of the molecule is CCC(C)NC(=O)CNCc1cncs1. The molecule has 1 rings (SSSR count). The fourth-order valence-corrected chi connectivity index (χ4v) is 1.62. The maximum atomic E-state index is 11.4. The number of carbonyl (C=O) groups is 1. The van der Waals surface area contributed by atoms with Gasteiger partial charge in [0.1, 0.15) is 0 Å². The average Bonchev–Trinajstić information content (AvgIpc) is 2.70. The molecule has 84 valence electrons. The summed E-state index contributed by atoms with van der Waals surface area (Å²) in [6, 6.07) is 0.253. The van der Waals surface area contributed by atoms with Gasteiger partial charge in [-0.1, -0.05) is 6.92 Å². The van der Waals surface area contributed by atoms with Crippen LogP contribution in [0, 0.1) is 0 Å². The molecule has 0 aromatic carbocycles. The molecule has 1 aromatic rings. The second-order valence-corrected chi connectivity index (χ2v) is 4.42. The van der Waals surface area contributed by atoms with Gasteiger partial charge < -0.3 is 10.6 Å². The lowest BCUT2D eigenvalue weighted by Crippen LogP contribution is -2.38. The first-order chi connectivity index (χ1) is 7.22. The molecule has 5 heteroatoms. The summed E-state index contributed by atoms with van der Waals surface area (Å²) in [6.45, 7) is 5.12. The Bertz CT molecular complexity index is 287. The summed E-state index contributed by atoms with van der Waals surface area (Å²) in [5.74, 6) is 0.0499. The minimum absolute atomic E-state index is 0.0499. The van der Waals surface area contributed by atoms with Crippen LogP contribution in [-0.2, 0) is 11.3 Å². The largest absolute Gasteiger partial charge is 0.353 e. The normalized spacial score (nSPS) is 12.4. The van der Waals surface area contributed by atoms with Gasteiger partial charge >= 0.3 is 0 Å². The van der Waals surface area contributed by atoms with Crippen LogP contribution < -0.4 is 10.6 Å². The number of hydrogen-bond donors (Lipinski definition) is 2. The molecule has 0 fully saturated rings. The highest BCUT2D eigenvalue weighted by atomic mass is 32.1. The van der Waals surface area contributed by atoms with Crippen LogP contribution in [0.2, 0.25) is 0 Å². The van der Waals surface area contributed by atoms with Crippen molar-refractivity contribution in [1.82, 2.24) is 15.6 Å². The minimum atomic E-state index is 0.0499. The van der Waals surface area contributed by atoms with Crippen LogP contribution in [0.3, 0.4) is 0 Å². The Hall–Kier alpha value is -0.940. The molecule has 0 saturated heterocycles. The second-order valence-electron chi connectivity index (χ2n) is 3.45. The molecule has 1 unspecified atom stereocenters. The van der Waals surface area contributed by atoms with E-state index in [9.17, 15) is 4.79 Å². The van der Waals surface area contributed by atoms with E-state index in [4.69, 9.17) is 0 Å². The minimum Gasteiger partial charge on any atom is -0.353 e. The van der Waals surface area contributed by atoms with E-state index in [0.717, 1.165) is 11.3 Å².